The van der Waals surface area contributed by atoms with Crippen LogP contribution < -0.4 is 10.6 Å². The third-order valence-electron chi connectivity index (χ3n) is 2.55. The lowest BCUT2D eigenvalue weighted by Gasteiger charge is -2.10. The number of rotatable bonds is 4. The molecule has 1 aromatic heterocycles. The number of hydrogen-bond acceptors (Lipinski definition) is 3. The maximum absolute atomic E-state index is 10.9. The third-order valence-corrected chi connectivity index (χ3v) is 2.55. The van der Waals surface area contributed by atoms with Gasteiger partial charge in [-0.05, 0) is 24.1 Å². The molecule has 1 aliphatic heterocycles. The molecule has 1 aromatic rings. The van der Waals surface area contributed by atoms with Crippen molar-refractivity contribution in [3.8, 4) is 0 Å². The number of aromatic nitrogens is 1. The summed E-state index contributed by atoms with van der Waals surface area (Å²) >= 11 is 0. The van der Waals surface area contributed by atoms with E-state index in [9.17, 15) is 4.79 Å². The quantitative estimate of drug-likeness (QED) is 0.872. The van der Waals surface area contributed by atoms with E-state index in [1.165, 1.54) is 5.56 Å². The highest BCUT2D eigenvalue weighted by molar-refractivity contribution is 5.85. The molecule has 1 fully saturated rings. The summed E-state index contributed by atoms with van der Waals surface area (Å²) in [4.78, 5) is 14.9. The molecule has 0 aliphatic carbocycles. The van der Waals surface area contributed by atoms with E-state index >= 15 is 0 Å². The average molecular weight is 278 g/mol. The maximum Gasteiger partial charge on any atom is 0.220 e. The zero-order valence-corrected chi connectivity index (χ0v) is 11.0. The van der Waals surface area contributed by atoms with E-state index in [0.717, 1.165) is 19.5 Å². The third kappa shape index (κ3) is 5.35. The van der Waals surface area contributed by atoms with Crippen molar-refractivity contribution in [1.82, 2.24) is 15.6 Å². The van der Waals surface area contributed by atoms with Gasteiger partial charge in [-0.1, -0.05) is 0 Å². The van der Waals surface area contributed by atoms with Crippen LogP contribution in [0.1, 0.15) is 18.4 Å². The Morgan fingerprint density at radius 3 is 2.65 bits per heavy atom. The standard InChI is InChI=1S/C11H15N3O.2ClH/c15-11-2-1-10(14-11)8-13-7-9-3-5-12-6-4-9;;/h3-6,10,13H,1-2,7-8H2,(H,14,15);2*1H/t10-;;/m1../s1. The summed E-state index contributed by atoms with van der Waals surface area (Å²) in [5.74, 6) is 0.172. The number of nitrogens with zero attached hydrogens (tertiary/aromatic N) is 1. The van der Waals surface area contributed by atoms with Gasteiger partial charge in [-0.3, -0.25) is 9.78 Å². The summed E-state index contributed by atoms with van der Waals surface area (Å²) in [5.41, 5.74) is 1.22. The highest BCUT2D eigenvalue weighted by atomic mass is 35.5. The molecular formula is C11H17Cl2N3O. The van der Waals surface area contributed by atoms with E-state index in [1.54, 1.807) is 12.4 Å². The predicted molar refractivity (Wildman–Crippen MR) is 71.6 cm³/mol. The average Bonchev–Trinajstić information content (AvgIpc) is 2.66. The lowest BCUT2D eigenvalue weighted by atomic mass is 10.2. The van der Waals surface area contributed by atoms with Crippen molar-refractivity contribution in [2.45, 2.75) is 25.4 Å². The zero-order chi connectivity index (χ0) is 10.5. The van der Waals surface area contributed by atoms with E-state index in [4.69, 9.17) is 0 Å². The Kier molecular flexibility index (Phi) is 7.87. The fraction of sp³-hybridized carbons (Fsp3) is 0.455. The van der Waals surface area contributed by atoms with E-state index in [1.807, 2.05) is 12.1 Å². The molecule has 2 rings (SSSR count). The van der Waals surface area contributed by atoms with Crippen LogP contribution in [0, 0.1) is 0 Å². The van der Waals surface area contributed by atoms with Gasteiger partial charge in [0.15, 0.2) is 0 Å². The highest BCUT2D eigenvalue weighted by Crippen LogP contribution is 2.05. The van der Waals surface area contributed by atoms with Gasteiger partial charge in [0.2, 0.25) is 5.91 Å². The summed E-state index contributed by atoms with van der Waals surface area (Å²) in [6.45, 7) is 1.67. The van der Waals surface area contributed by atoms with Gasteiger partial charge >= 0.3 is 0 Å². The molecular weight excluding hydrogens is 261 g/mol. The molecule has 0 aromatic carbocycles. The molecule has 6 heteroatoms. The summed E-state index contributed by atoms with van der Waals surface area (Å²) in [6.07, 6.45) is 5.19. The smallest absolute Gasteiger partial charge is 0.220 e. The highest BCUT2D eigenvalue weighted by Gasteiger charge is 2.19. The molecule has 0 radical (unpaired) electrons. The van der Waals surface area contributed by atoms with Gasteiger partial charge in [-0.15, -0.1) is 24.8 Å². The normalized spacial score (nSPS) is 17.9. The first-order valence-corrected chi connectivity index (χ1v) is 5.23. The minimum Gasteiger partial charge on any atom is -0.352 e. The second-order valence-electron chi connectivity index (χ2n) is 3.79. The Morgan fingerprint density at radius 1 is 1.35 bits per heavy atom. The molecule has 1 saturated heterocycles. The molecule has 2 heterocycles. The number of amides is 1. The predicted octanol–water partition coefficient (Wildman–Crippen LogP) is 1.29. The molecule has 96 valence electrons. The Morgan fingerprint density at radius 2 is 2.06 bits per heavy atom. The van der Waals surface area contributed by atoms with E-state index in [-0.39, 0.29) is 30.7 Å². The number of halogens is 2. The van der Waals surface area contributed by atoms with Gasteiger partial charge in [-0.2, -0.15) is 0 Å². The first-order chi connectivity index (χ1) is 7.34. The first-order valence-electron chi connectivity index (χ1n) is 5.23. The number of carbonyl (C=O) groups is 1. The molecule has 2 N–H and O–H groups in total. The van der Waals surface area contributed by atoms with Crippen molar-refractivity contribution in [2.24, 2.45) is 0 Å². The Labute approximate surface area is 113 Å². The number of nitrogens with one attached hydrogen (secondary N) is 2. The lowest BCUT2D eigenvalue weighted by Crippen LogP contribution is -2.35. The van der Waals surface area contributed by atoms with Gasteiger partial charge in [0, 0.05) is 37.9 Å². The van der Waals surface area contributed by atoms with Crippen molar-refractivity contribution in [3.05, 3.63) is 30.1 Å². The second-order valence-corrected chi connectivity index (χ2v) is 3.79. The van der Waals surface area contributed by atoms with E-state index in [0.29, 0.717) is 12.5 Å². The van der Waals surface area contributed by atoms with Crippen molar-refractivity contribution >= 4 is 30.7 Å². The minimum atomic E-state index is 0. The SMILES string of the molecule is Cl.Cl.O=C1CC[C@H](CNCc2ccncc2)N1. The summed E-state index contributed by atoms with van der Waals surface area (Å²) in [6, 6.07) is 4.28. The van der Waals surface area contributed by atoms with Crippen molar-refractivity contribution in [1.29, 1.82) is 0 Å². The fourth-order valence-electron chi connectivity index (χ4n) is 1.72. The molecule has 0 saturated carbocycles. The van der Waals surface area contributed by atoms with Gasteiger partial charge in [0.1, 0.15) is 0 Å². The molecule has 1 amide bonds. The Balaban J connectivity index is 0.00000128. The Hall–Kier alpha value is -0.840. The van der Waals surface area contributed by atoms with Gasteiger partial charge in [0.25, 0.3) is 0 Å². The second kappa shape index (κ2) is 8.28. The van der Waals surface area contributed by atoms with Crippen LogP contribution in [-0.2, 0) is 11.3 Å². The molecule has 0 unspecified atom stereocenters. The zero-order valence-electron chi connectivity index (χ0n) is 9.39. The van der Waals surface area contributed by atoms with Crippen molar-refractivity contribution in [3.63, 3.8) is 0 Å². The molecule has 17 heavy (non-hydrogen) atoms. The topological polar surface area (TPSA) is 54.0 Å². The van der Waals surface area contributed by atoms with Crippen molar-refractivity contribution in [2.75, 3.05) is 6.54 Å². The molecule has 4 nitrogen and oxygen atoms in total. The largest absolute Gasteiger partial charge is 0.352 e. The van der Waals surface area contributed by atoms with E-state index in [2.05, 4.69) is 15.6 Å². The van der Waals surface area contributed by atoms with Crippen molar-refractivity contribution < 1.29 is 4.79 Å². The monoisotopic (exact) mass is 277 g/mol. The number of pyridine rings is 1. The molecule has 0 bridgehead atoms. The lowest BCUT2D eigenvalue weighted by molar-refractivity contribution is -0.119. The molecule has 1 aliphatic rings. The van der Waals surface area contributed by atoms with Crippen LogP contribution in [0.2, 0.25) is 0 Å². The van der Waals surface area contributed by atoms with Crippen LogP contribution >= 0.6 is 24.8 Å². The minimum absolute atomic E-state index is 0. The number of carbonyl (C=O) groups excluding carboxylic acids is 1. The van der Waals surface area contributed by atoms with Crippen LogP contribution in [0.3, 0.4) is 0 Å². The van der Waals surface area contributed by atoms with Crippen LogP contribution in [-0.4, -0.2) is 23.5 Å². The summed E-state index contributed by atoms with van der Waals surface area (Å²) < 4.78 is 0. The molecule has 0 spiro atoms. The fourth-order valence-corrected chi connectivity index (χ4v) is 1.72. The van der Waals surface area contributed by atoms with Crippen LogP contribution in [0.25, 0.3) is 0 Å². The summed E-state index contributed by atoms with van der Waals surface area (Å²) in [5, 5.41) is 6.25. The number of hydrogen-bond donors (Lipinski definition) is 2. The van der Waals surface area contributed by atoms with Gasteiger partial charge in [-0.25, -0.2) is 0 Å². The van der Waals surface area contributed by atoms with Crippen LogP contribution in [0.4, 0.5) is 0 Å². The van der Waals surface area contributed by atoms with E-state index < -0.39 is 0 Å². The van der Waals surface area contributed by atoms with Gasteiger partial charge < -0.3 is 10.6 Å². The first kappa shape index (κ1) is 16.2. The molecule has 1 atom stereocenters. The van der Waals surface area contributed by atoms with Gasteiger partial charge in [0.05, 0.1) is 0 Å². The van der Waals surface area contributed by atoms with Crippen LogP contribution in [0.15, 0.2) is 24.5 Å². The Bertz CT molecular complexity index is 335. The maximum atomic E-state index is 10.9. The summed E-state index contributed by atoms with van der Waals surface area (Å²) in [7, 11) is 0. The van der Waals surface area contributed by atoms with Crippen LogP contribution in [0.5, 0.6) is 0 Å².